The second-order valence-electron chi connectivity index (χ2n) is 5.19. The average Bonchev–Trinajstić information content (AvgIpc) is 2.38. The molecule has 1 aliphatic heterocycles. The number of rotatable bonds is 1. The van der Waals surface area contributed by atoms with E-state index in [4.69, 9.17) is 0 Å². The van der Waals surface area contributed by atoms with Crippen LogP contribution in [-0.4, -0.2) is 15.0 Å². The Morgan fingerprint density at radius 2 is 1.60 bits per heavy atom. The van der Waals surface area contributed by atoms with Crippen molar-refractivity contribution in [2.45, 2.75) is 25.7 Å². The van der Waals surface area contributed by atoms with Crippen molar-refractivity contribution in [1.82, 2.24) is 0 Å². The van der Waals surface area contributed by atoms with Gasteiger partial charge in [-0.1, -0.05) is 23.8 Å². The van der Waals surface area contributed by atoms with Crippen LogP contribution in [0.25, 0.3) is 11.1 Å². The molecule has 3 nitrogen and oxygen atoms in total. The van der Waals surface area contributed by atoms with Crippen molar-refractivity contribution in [3.8, 4) is 11.1 Å². The van der Waals surface area contributed by atoms with E-state index < -0.39 is 10.0 Å². The van der Waals surface area contributed by atoms with Crippen molar-refractivity contribution in [3.05, 3.63) is 47.5 Å². The van der Waals surface area contributed by atoms with Gasteiger partial charge in [0.25, 0.3) is 10.0 Å². The molecule has 0 bridgehead atoms. The molecule has 20 heavy (non-hydrogen) atoms. The molecule has 104 valence electrons. The minimum atomic E-state index is -3.45. The highest BCUT2D eigenvalue weighted by atomic mass is 32.2. The number of sulfonamides is 1. The number of nitrogens with zero attached hydrogens (tertiary/aromatic N) is 1. The molecule has 0 atom stereocenters. The zero-order valence-electron chi connectivity index (χ0n) is 11.8. The molecule has 0 spiro atoms. The van der Waals surface area contributed by atoms with E-state index in [2.05, 4.69) is 0 Å². The van der Waals surface area contributed by atoms with E-state index in [1.807, 2.05) is 51.1 Å². The van der Waals surface area contributed by atoms with Gasteiger partial charge in [0, 0.05) is 17.7 Å². The summed E-state index contributed by atoms with van der Waals surface area (Å²) in [5.41, 5.74) is 4.71. The van der Waals surface area contributed by atoms with Gasteiger partial charge in [-0.2, -0.15) is 0 Å². The van der Waals surface area contributed by atoms with Crippen LogP contribution in [-0.2, 0) is 10.0 Å². The Bertz CT molecular complexity index is 794. The maximum atomic E-state index is 12.7. The van der Waals surface area contributed by atoms with E-state index >= 15 is 0 Å². The highest BCUT2D eigenvalue weighted by Crippen LogP contribution is 2.43. The summed E-state index contributed by atoms with van der Waals surface area (Å²) in [4.78, 5) is 0.404. The molecule has 0 saturated heterocycles. The maximum absolute atomic E-state index is 12.7. The molecule has 0 aliphatic carbocycles. The van der Waals surface area contributed by atoms with Gasteiger partial charge in [-0.25, -0.2) is 8.42 Å². The molecule has 0 amide bonds. The smallest absolute Gasteiger partial charge is 0.264 e. The predicted molar refractivity (Wildman–Crippen MR) is 81.6 cm³/mol. The highest BCUT2D eigenvalue weighted by molar-refractivity contribution is 7.93. The molecule has 0 unspecified atom stereocenters. The number of hydrogen-bond donors (Lipinski definition) is 0. The Hall–Kier alpha value is -1.81. The van der Waals surface area contributed by atoms with Gasteiger partial charge in [0.2, 0.25) is 0 Å². The van der Waals surface area contributed by atoms with Crippen LogP contribution in [0.5, 0.6) is 0 Å². The fourth-order valence-corrected chi connectivity index (χ4v) is 4.42. The van der Waals surface area contributed by atoms with Crippen LogP contribution in [0.3, 0.4) is 0 Å². The highest BCUT2D eigenvalue weighted by Gasteiger charge is 2.33. The van der Waals surface area contributed by atoms with Gasteiger partial charge in [0.05, 0.1) is 10.6 Å². The summed E-state index contributed by atoms with van der Waals surface area (Å²) in [6.07, 6.45) is 0. The standard InChI is InChI=1S/C16H17NO2S/c1-4-17-15-10-12(3)5-7-13(15)14-9-11(2)6-8-16(14)20(17,18)19/h5-10H,4H2,1-3H3. The fourth-order valence-electron chi connectivity index (χ4n) is 2.74. The molecule has 3 rings (SSSR count). The zero-order chi connectivity index (χ0) is 14.5. The van der Waals surface area contributed by atoms with Crippen LogP contribution in [0.2, 0.25) is 0 Å². The second kappa shape index (κ2) is 4.35. The monoisotopic (exact) mass is 287 g/mol. The summed E-state index contributed by atoms with van der Waals surface area (Å²) in [6.45, 7) is 6.26. The SMILES string of the molecule is CCN1c2cc(C)ccc2-c2cc(C)ccc2S1(=O)=O. The van der Waals surface area contributed by atoms with Gasteiger partial charge < -0.3 is 0 Å². The summed E-state index contributed by atoms with van der Waals surface area (Å²) < 4.78 is 27.0. The van der Waals surface area contributed by atoms with Crippen LogP contribution in [0.1, 0.15) is 18.1 Å². The van der Waals surface area contributed by atoms with E-state index in [-0.39, 0.29) is 0 Å². The first kappa shape index (κ1) is 13.2. The third kappa shape index (κ3) is 1.75. The van der Waals surface area contributed by atoms with Crippen molar-refractivity contribution < 1.29 is 8.42 Å². The Labute approximate surface area is 119 Å². The molecule has 1 heterocycles. The number of hydrogen-bond acceptors (Lipinski definition) is 2. The minimum absolute atomic E-state index is 0.404. The first-order chi connectivity index (χ1) is 9.45. The third-order valence-corrected chi connectivity index (χ3v) is 5.65. The van der Waals surface area contributed by atoms with E-state index in [0.717, 1.165) is 27.9 Å². The Balaban J connectivity index is 2.43. The first-order valence-electron chi connectivity index (χ1n) is 6.69. The van der Waals surface area contributed by atoms with Gasteiger partial charge in [-0.05, 0) is 44.5 Å². The molecule has 0 N–H and O–H groups in total. The average molecular weight is 287 g/mol. The zero-order valence-corrected chi connectivity index (χ0v) is 12.7. The molecule has 0 radical (unpaired) electrons. The van der Waals surface area contributed by atoms with Crippen LogP contribution >= 0.6 is 0 Å². The molecule has 1 aliphatic rings. The molecule has 2 aromatic carbocycles. The number of fused-ring (bicyclic) bond motifs is 3. The van der Waals surface area contributed by atoms with E-state index in [0.29, 0.717) is 11.4 Å². The summed E-state index contributed by atoms with van der Waals surface area (Å²) in [7, 11) is -3.45. The molecule has 2 aromatic rings. The maximum Gasteiger partial charge on any atom is 0.264 e. The van der Waals surface area contributed by atoms with Crippen LogP contribution < -0.4 is 4.31 Å². The normalized spacial score (nSPS) is 15.7. The topological polar surface area (TPSA) is 37.4 Å². The lowest BCUT2D eigenvalue weighted by atomic mass is 9.99. The van der Waals surface area contributed by atoms with E-state index in [9.17, 15) is 8.42 Å². The van der Waals surface area contributed by atoms with Crippen molar-refractivity contribution in [2.24, 2.45) is 0 Å². The summed E-state index contributed by atoms with van der Waals surface area (Å²) in [5.74, 6) is 0. The molecule has 0 aromatic heterocycles. The summed E-state index contributed by atoms with van der Waals surface area (Å²) in [5, 5.41) is 0. The lowest BCUT2D eigenvalue weighted by molar-refractivity contribution is 0.591. The van der Waals surface area contributed by atoms with Crippen LogP contribution in [0, 0.1) is 13.8 Å². The third-order valence-electron chi connectivity index (χ3n) is 3.70. The molecular formula is C16H17NO2S. The van der Waals surface area contributed by atoms with Gasteiger partial charge >= 0.3 is 0 Å². The lowest BCUT2D eigenvalue weighted by Crippen LogP contribution is -2.34. The van der Waals surface area contributed by atoms with Gasteiger partial charge in [-0.15, -0.1) is 0 Å². The van der Waals surface area contributed by atoms with Crippen molar-refractivity contribution in [3.63, 3.8) is 0 Å². The van der Waals surface area contributed by atoms with Crippen molar-refractivity contribution >= 4 is 15.7 Å². The van der Waals surface area contributed by atoms with Crippen molar-refractivity contribution in [2.75, 3.05) is 10.8 Å². The molecule has 0 saturated carbocycles. The van der Waals surface area contributed by atoms with Gasteiger partial charge in [0.15, 0.2) is 0 Å². The number of anilines is 1. The fraction of sp³-hybridized carbons (Fsp3) is 0.250. The largest absolute Gasteiger partial charge is 0.266 e. The van der Waals surface area contributed by atoms with Crippen LogP contribution in [0.15, 0.2) is 41.3 Å². The van der Waals surface area contributed by atoms with Gasteiger partial charge in [0.1, 0.15) is 0 Å². The van der Waals surface area contributed by atoms with Crippen molar-refractivity contribution in [1.29, 1.82) is 0 Å². The number of aryl methyl sites for hydroxylation is 2. The van der Waals surface area contributed by atoms with Gasteiger partial charge in [-0.3, -0.25) is 4.31 Å². The lowest BCUT2D eigenvalue weighted by Gasteiger charge is -2.31. The Kier molecular flexibility index (Phi) is 2.87. The van der Waals surface area contributed by atoms with Crippen LogP contribution in [0.4, 0.5) is 5.69 Å². The number of benzene rings is 2. The quantitative estimate of drug-likeness (QED) is 0.805. The Morgan fingerprint density at radius 1 is 0.950 bits per heavy atom. The predicted octanol–water partition coefficient (Wildman–Crippen LogP) is 3.50. The summed E-state index contributed by atoms with van der Waals surface area (Å²) >= 11 is 0. The first-order valence-corrected chi connectivity index (χ1v) is 8.13. The minimum Gasteiger partial charge on any atom is -0.266 e. The molecule has 0 fully saturated rings. The Morgan fingerprint density at radius 3 is 2.30 bits per heavy atom. The van der Waals surface area contributed by atoms with E-state index in [1.54, 1.807) is 6.07 Å². The van der Waals surface area contributed by atoms with E-state index in [1.165, 1.54) is 4.31 Å². The second-order valence-corrected chi connectivity index (χ2v) is 7.02. The molecular weight excluding hydrogens is 270 g/mol. The summed E-state index contributed by atoms with van der Waals surface area (Å²) in [6, 6.07) is 11.5. The molecule has 4 heteroatoms.